The van der Waals surface area contributed by atoms with Crippen LogP contribution in [-0.4, -0.2) is 38.7 Å². The Morgan fingerprint density at radius 3 is 2.75 bits per heavy atom. The number of aryl methyl sites for hydroxylation is 1. The van der Waals surface area contributed by atoms with E-state index < -0.39 is 11.9 Å². The molecule has 110 valence electrons. The van der Waals surface area contributed by atoms with Gasteiger partial charge in [0.2, 0.25) is 5.91 Å². The van der Waals surface area contributed by atoms with Gasteiger partial charge in [0, 0.05) is 23.8 Å². The minimum Gasteiger partial charge on any atom is -0.383 e. The Balaban J connectivity index is 2.34. The maximum atomic E-state index is 11.6. The minimum absolute atomic E-state index is 0.0279. The molecule has 0 atom stereocenters. The van der Waals surface area contributed by atoms with Crippen LogP contribution in [-0.2, 0) is 9.53 Å². The van der Waals surface area contributed by atoms with Gasteiger partial charge in [-0.3, -0.25) is 10.1 Å². The number of carbonyl (C=O) groups is 2. The third kappa shape index (κ3) is 6.03. The highest BCUT2D eigenvalue weighted by atomic mass is 79.9. The zero-order chi connectivity index (χ0) is 15.0. The molecule has 20 heavy (non-hydrogen) atoms. The van der Waals surface area contributed by atoms with E-state index in [4.69, 9.17) is 4.74 Å². The Morgan fingerprint density at radius 2 is 2.10 bits per heavy atom. The number of anilines is 1. The van der Waals surface area contributed by atoms with Gasteiger partial charge in [0.25, 0.3) is 0 Å². The van der Waals surface area contributed by atoms with Crippen LogP contribution in [0.3, 0.4) is 0 Å². The largest absolute Gasteiger partial charge is 0.383 e. The monoisotopic (exact) mass is 343 g/mol. The molecule has 0 spiro atoms. The molecule has 1 aromatic rings. The van der Waals surface area contributed by atoms with Crippen molar-refractivity contribution in [3.63, 3.8) is 0 Å². The number of imide groups is 1. The second-order valence-corrected chi connectivity index (χ2v) is 5.03. The van der Waals surface area contributed by atoms with Crippen LogP contribution < -0.4 is 16.0 Å². The third-order valence-electron chi connectivity index (χ3n) is 2.47. The number of amides is 3. The van der Waals surface area contributed by atoms with E-state index in [1.54, 1.807) is 0 Å². The Labute approximate surface area is 126 Å². The average Bonchev–Trinajstić information content (AvgIpc) is 2.38. The summed E-state index contributed by atoms with van der Waals surface area (Å²) in [4.78, 5) is 22.9. The molecule has 7 heteroatoms. The van der Waals surface area contributed by atoms with E-state index in [0.29, 0.717) is 13.2 Å². The highest BCUT2D eigenvalue weighted by Gasteiger charge is 2.07. The topological polar surface area (TPSA) is 79.5 Å². The molecule has 1 rings (SSSR count). The first-order chi connectivity index (χ1) is 9.52. The molecule has 1 aromatic carbocycles. The number of benzene rings is 1. The smallest absolute Gasteiger partial charge is 0.321 e. The summed E-state index contributed by atoms with van der Waals surface area (Å²) in [5.74, 6) is -0.401. The lowest BCUT2D eigenvalue weighted by molar-refractivity contribution is -0.118. The summed E-state index contributed by atoms with van der Waals surface area (Å²) in [7, 11) is 1.54. The normalized spacial score (nSPS) is 9.95. The number of ether oxygens (including phenoxy) is 1. The molecule has 0 fully saturated rings. The summed E-state index contributed by atoms with van der Waals surface area (Å²) in [5, 5.41) is 7.70. The number of hydrogen-bond donors (Lipinski definition) is 3. The van der Waals surface area contributed by atoms with Gasteiger partial charge in [0.15, 0.2) is 0 Å². The number of carbonyl (C=O) groups excluding carboxylic acids is 2. The fourth-order valence-corrected chi connectivity index (χ4v) is 1.96. The van der Waals surface area contributed by atoms with Gasteiger partial charge in [-0.05, 0) is 30.7 Å². The van der Waals surface area contributed by atoms with Crippen LogP contribution in [0.1, 0.15) is 5.56 Å². The molecule has 3 amide bonds. The molecular weight excluding hydrogens is 326 g/mol. The summed E-state index contributed by atoms with van der Waals surface area (Å²) in [6.45, 7) is 2.72. The van der Waals surface area contributed by atoms with E-state index in [0.717, 1.165) is 15.7 Å². The number of rotatable bonds is 6. The molecule has 0 saturated carbocycles. The van der Waals surface area contributed by atoms with Crippen molar-refractivity contribution >= 4 is 33.6 Å². The first kappa shape index (κ1) is 16.5. The van der Waals surface area contributed by atoms with E-state index in [1.165, 1.54) is 7.11 Å². The molecule has 3 N–H and O–H groups in total. The van der Waals surface area contributed by atoms with Gasteiger partial charge < -0.3 is 15.4 Å². The van der Waals surface area contributed by atoms with E-state index in [1.807, 2.05) is 25.1 Å². The molecule has 0 aliphatic rings. The van der Waals surface area contributed by atoms with E-state index in [2.05, 4.69) is 31.9 Å². The van der Waals surface area contributed by atoms with Gasteiger partial charge in [-0.15, -0.1) is 0 Å². The summed E-state index contributed by atoms with van der Waals surface area (Å²) in [6, 6.07) is 5.16. The van der Waals surface area contributed by atoms with Gasteiger partial charge in [0.05, 0.1) is 13.2 Å². The SMILES string of the molecule is COCCNC(=O)NC(=O)CNc1ccc(Br)cc1C. The third-order valence-corrected chi connectivity index (χ3v) is 2.97. The van der Waals surface area contributed by atoms with Crippen molar-refractivity contribution < 1.29 is 14.3 Å². The van der Waals surface area contributed by atoms with Crippen molar-refractivity contribution in [2.24, 2.45) is 0 Å². The van der Waals surface area contributed by atoms with Crippen LogP contribution in [0.25, 0.3) is 0 Å². The highest BCUT2D eigenvalue weighted by molar-refractivity contribution is 9.10. The molecule has 6 nitrogen and oxygen atoms in total. The fraction of sp³-hybridized carbons (Fsp3) is 0.385. The van der Waals surface area contributed by atoms with Crippen molar-refractivity contribution in [2.45, 2.75) is 6.92 Å². The van der Waals surface area contributed by atoms with Crippen molar-refractivity contribution in [2.75, 3.05) is 32.1 Å². The molecule has 0 saturated heterocycles. The Bertz CT molecular complexity index is 480. The van der Waals surface area contributed by atoms with Crippen molar-refractivity contribution in [3.05, 3.63) is 28.2 Å². The number of methoxy groups -OCH3 is 1. The first-order valence-electron chi connectivity index (χ1n) is 6.09. The maximum Gasteiger partial charge on any atom is 0.321 e. The number of hydrogen-bond acceptors (Lipinski definition) is 4. The van der Waals surface area contributed by atoms with E-state index in [-0.39, 0.29) is 6.54 Å². The van der Waals surface area contributed by atoms with Gasteiger partial charge in [0.1, 0.15) is 0 Å². The number of urea groups is 1. The molecule has 0 aliphatic carbocycles. The van der Waals surface area contributed by atoms with Crippen LogP contribution in [0.4, 0.5) is 10.5 Å². The molecule has 0 heterocycles. The van der Waals surface area contributed by atoms with Crippen LogP contribution in [0.5, 0.6) is 0 Å². The maximum absolute atomic E-state index is 11.6. The lowest BCUT2D eigenvalue weighted by Gasteiger charge is -2.10. The molecular formula is C13H18BrN3O3. The summed E-state index contributed by atoms with van der Waals surface area (Å²) >= 11 is 3.37. The summed E-state index contributed by atoms with van der Waals surface area (Å²) in [5.41, 5.74) is 1.86. The Kier molecular flexibility index (Phi) is 7.03. The van der Waals surface area contributed by atoms with Gasteiger partial charge in [-0.2, -0.15) is 0 Å². The molecule has 0 aliphatic heterocycles. The molecule has 0 aromatic heterocycles. The first-order valence-corrected chi connectivity index (χ1v) is 6.89. The Hall–Kier alpha value is -1.60. The quantitative estimate of drug-likeness (QED) is 0.686. The van der Waals surface area contributed by atoms with Crippen LogP contribution in [0.15, 0.2) is 22.7 Å². The highest BCUT2D eigenvalue weighted by Crippen LogP contribution is 2.19. The van der Waals surface area contributed by atoms with Crippen molar-refractivity contribution in [1.82, 2.24) is 10.6 Å². The standard InChI is InChI=1S/C13H18BrN3O3/c1-9-7-10(14)3-4-11(9)16-8-12(18)17-13(19)15-5-6-20-2/h3-4,7,16H,5-6,8H2,1-2H3,(H2,15,17,18,19). The minimum atomic E-state index is -0.527. The van der Waals surface area contributed by atoms with Crippen LogP contribution in [0.2, 0.25) is 0 Å². The van der Waals surface area contributed by atoms with E-state index in [9.17, 15) is 9.59 Å². The predicted molar refractivity (Wildman–Crippen MR) is 80.8 cm³/mol. The fourth-order valence-electron chi connectivity index (χ4n) is 1.48. The zero-order valence-corrected chi connectivity index (χ0v) is 13.0. The lowest BCUT2D eigenvalue weighted by Crippen LogP contribution is -2.43. The summed E-state index contributed by atoms with van der Waals surface area (Å²) in [6.07, 6.45) is 0. The molecule has 0 bridgehead atoms. The molecule has 0 unspecified atom stereocenters. The summed E-state index contributed by atoms with van der Waals surface area (Å²) < 4.78 is 5.76. The average molecular weight is 344 g/mol. The predicted octanol–water partition coefficient (Wildman–Crippen LogP) is 1.64. The number of nitrogens with one attached hydrogen (secondary N) is 3. The zero-order valence-electron chi connectivity index (χ0n) is 11.5. The van der Waals surface area contributed by atoms with Gasteiger partial charge >= 0.3 is 6.03 Å². The Morgan fingerprint density at radius 1 is 1.35 bits per heavy atom. The van der Waals surface area contributed by atoms with E-state index >= 15 is 0 Å². The van der Waals surface area contributed by atoms with Gasteiger partial charge in [-0.1, -0.05) is 15.9 Å². The van der Waals surface area contributed by atoms with Crippen LogP contribution in [0, 0.1) is 6.92 Å². The lowest BCUT2D eigenvalue weighted by atomic mass is 10.2. The second-order valence-electron chi connectivity index (χ2n) is 4.11. The van der Waals surface area contributed by atoms with Gasteiger partial charge in [-0.25, -0.2) is 4.79 Å². The molecule has 0 radical (unpaired) electrons. The van der Waals surface area contributed by atoms with Crippen molar-refractivity contribution in [3.8, 4) is 0 Å². The number of halogens is 1. The van der Waals surface area contributed by atoms with Crippen LogP contribution >= 0.6 is 15.9 Å². The van der Waals surface area contributed by atoms with Crippen molar-refractivity contribution in [1.29, 1.82) is 0 Å². The second kappa shape index (κ2) is 8.55.